The maximum Gasteiger partial charge on any atom is 0.0576 e. The van der Waals surface area contributed by atoms with Crippen LogP contribution in [0.15, 0.2) is 0 Å². The van der Waals surface area contributed by atoms with E-state index < -0.39 is 0 Å². The van der Waals surface area contributed by atoms with Gasteiger partial charge in [-0.1, -0.05) is 5.92 Å². The fourth-order valence-corrected chi connectivity index (χ4v) is 0.555. The second-order valence-electron chi connectivity index (χ2n) is 1.91. The summed E-state index contributed by atoms with van der Waals surface area (Å²) in [5.74, 6) is 8.30. The van der Waals surface area contributed by atoms with Crippen molar-refractivity contribution < 1.29 is 0 Å². The van der Waals surface area contributed by atoms with Crippen molar-refractivity contribution in [3.8, 4) is 24.2 Å². The van der Waals surface area contributed by atoms with Gasteiger partial charge in [0.05, 0.1) is 6.54 Å². The van der Waals surface area contributed by atoms with E-state index >= 15 is 0 Å². The van der Waals surface area contributed by atoms with Gasteiger partial charge >= 0.3 is 0 Å². The standard InChI is InChI=1S/C9H13N/c1-3-5-7-9-10-8-6-4-2/h1,10H,5,7-9H2,2H3. The number of nitrogens with one attached hydrogen (secondary N) is 1. The zero-order valence-electron chi connectivity index (χ0n) is 6.41. The Kier molecular flexibility index (Phi) is 7.34. The van der Waals surface area contributed by atoms with Crippen LogP contribution in [0.25, 0.3) is 0 Å². The molecule has 0 rings (SSSR count). The van der Waals surface area contributed by atoms with Gasteiger partial charge in [-0.2, -0.15) is 0 Å². The Morgan fingerprint density at radius 1 is 1.50 bits per heavy atom. The predicted octanol–water partition coefficient (Wildman–Crippen LogP) is 1.01. The van der Waals surface area contributed by atoms with Gasteiger partial charge in [0.2, 0.25) is 0 Å². The second kappa shape index (κ2) is 8.08. The molecule has 0 aromatic heterocycles. The zero-order chi connectivity index (χ0) is 7.66. The average Bonchev–Trinajstić information content (AvgIpc) is 1.97. The summed E-state index contributed by atoms with van der Waals surface area (Å²) >= 11 is 0. The van der Waals surface area contributed by atoms with Gasteiger partial charge in [0.25, 0.3) is 0 Å². The molecule has 0 unspecified atom stereocenters. The Balaban J connectivity index is 2.90. The molecule has 54 valence electrons. The third-order valence-electron chi connectivity index (χ3n) is 1.06. The van der Waals surface area contributed by atoms with Gasteiger partial charge in [0, 0.05) is 6.42 Å². The van der Waals surface area contributed by atoms with Crippen molar-refractivity contribution in [2.45, 2.75) is 19.8 Å². The smallest absolute Gasteiger partial charge is 0.0576 e. The second-order valence-corrected chi connectivity index (χ2v) is 1.91. The quantitative estimate of drug-likeness (QED) is 0.448. The average molecular weight is 135 g/mol. The molecule has 0 fully saturated rings. The van der Waals surface area contributed by atoms with Gasteiger partial charge in [-0.25, -0.2) is 0 Å². The third kappa shape index (κ3) is 7.08. The largest absolute Gasteiger partial charge is 0.306 e. The topological polar surface area (TPSA) is 12.0 Å². The Morgan fingerprint density at radius 3 is 2.90 bits per heavy atom. The summed E-state index contributed by atoms with van der Waals surface area (Å²) in [6, 6.07) is 0. The fourth-order valence-electron chi connectivity index (χ4n) is 0.555. The fraction of sp³-hybridized carbons (Fsp3) is 0.556. The van der Waals surface area contributed by atoms with Crippen LogP contribution in [0.5, 0.6) is 0 Å². The van der Waals surface area contributed by atoms with Gasteiger partial charge in [0.15, 0.2) is 0 Å². The summed E-state index contributed by atoms with van der Waals surface area (Å²) in [6.45, 7) is 3.59. The lowest BCUT2D eigenvalue weighted by molar-refractivity contribution is 0.713. The summed E-state index contributed by atoms with van der Waals surface area (Å²) < 4.78 is 0. The van der Waals surface area contributed by atoms with Crippen LogP contribution in [0.2, 0.25) is 0 Å². The molecule has 0 spiro atoms. The Hall–Kier alpha value is -0.920. The zero-order valence-corrected chi connectivity index (χ0v) is 6.41. The number of hydrogen-bond acceptors (Lipinski definition) is 1. The van der Waals surface area contributed by atoms with E-state index in [9.17, 15) is 0 Å². The maximum absolute atomic E-state index is 5.06. The highest BCUT2D eigenvalue weighted by atomic mass is 14.8. The van der Waals surface area contributed by atoms with Crippen molar-refractivity contribution in [1.29, 1.82) is 0 Å². The number of hydrogen-bond donors (Lipinski definition) is 1. The van der Waals surface area contributed by atoms with Crippen molar-refractivity contribution in [2.24, 2.45) is 0 Å². The summed E-state index contributed by atoms with van der Waals surface area (Å²) in [5.41, 5.74) is 0. The van der Waals surface area contributed by atoms with Crippen LogP contribution >= 0.6 is 0 Å². The highest BCUT2D eigenvalue weighted by Crippen LogP contribution is 1.81. The molecule has 0 saturated carbocycles. The molecule has 1 N–H and O–H groups in total. The van der Waals surface area contributed by atoms with Crippen LogP contribution in [0.3, 0.4) is 0 Å². The molecule has 0 radical (unpaired) electrons. The first-order valence-electron chi connectivity index (χ1n) is 3.45. The first-order valence-corrected chi connectivity index (χ1v) is 3.45. The molecule has 0 aromatic rings. The third-order valence-corrected chi connectivity index (χ3v) is 1.06. The molecule has 0 heterocycles. The van der Waals surface area contributed by atoms with Crippen LogP contribution in [-0.2, 0) is 0 Å². The number of rotatable bonds is 4. The maximum atomic E-state index is 5.06. The minimum absolute atomic E-state index is 0.779. The highest BCUT2D eigenvalue weighted by Gasteiger charge is 1.81. The molecule has 0 aliphatic rings. The molecule has 0 aliphatic heterocycles. The Morgan fingerprint density at radius 2 is 2.30 bits per heavy atom. The Labute approximate surface area is 63.2 Å². The normalized spacial score (nSPS) is 7.60. The van der Waals surface area contributed by atoms with E-state index in [-0.39, 0.29) is 0 Å². The monoisotopic (exact) mass is 135 g/mol. The molecular weight excluding hydrogens is 122 g/mol. The molecule has 0 aliphatic carbocycles. The lowest BCUT2D eigenvalue weighted by Crippen LogP contribution is -2.14. The number of terminal acetylenes is 1. The van der Waals surface area contributed by atoms with Gasteiger partial charge in [-0.3, -0.25) is 0 Å². The molecule has 0 aromatic carbocycles. The van der Waals surface area contributed by atoms with Gasteiger partial charge in [0.1, 0.15) is 0 Å². The van der Waals surface area contributed by atoms with E-state index in [4.69, 9.17) is 6.42 Å². The highest BCUT2D eigenvalue weighted by molar-refractivity contribution is 4.96. The van der Waals surface area contributed by atoms with E-state index in [0.29, 0.717) is 0 Å². The van der Waals surface area contributed by atoms with E-state index in [0.717, 1.165) is 25.9 Å². The van der Waals surface area contributed by atoms with Crippen molar-refractivity contribution in [3.05, 3.63) is 0 Å². The lowest BCUT2D eigenvalue weighted by atomic mass is 10.3. The van der Waals surface area contributed by atoms with Crippen molar-refractivity contribution >= 4 is 0 Å². The molecule has 0 saturated heterocycles. The summed E-state index contributed by atoms with van der Waals surface area (Å²) in [7, 11) is 0. The van der Waals surface area contributed by atoms with E-state index in [1.54, 1.807) is 0 Å². The molecule has 0 atom stereocenters. The first kappa shape index (κ1) is 9.08. The first-order chi connectivity index (χ1) is 4.91. The minimum atomic E-state index is 0.779. The van der Waals surface area contributed by atoms with E-state index in [1.807, 2.05) is 6.92 Å². The molecule has 1 heteroatoms. The SMILES string of the molecule is C#CCCCNCC#CC. The number of unbranched alkanes of at least 4 members (excludes halogenated alkanes) is 1. The molecule has 0 amide bonds. The van der Waals surface area contributed by atoms with Gasteiger partial charge in [-0.15, -0.1) is 18.3 Å². The summed E-state index contributed by atoms with van der Waals surface area (Å²) in [5, 5.41) is 3.15. The predicted molar refractivity (Wildman–Crippen MR) is 44.4 cm³/mol. The van der Waals surface area contributed by atoms with Crippen LogP contribution < -0.4 is 5.32 Å². The summed E-state index contributed by atoms with van der Waals surface area (Å²) in [6.07, 6.45) is 6.96. The molecule has 0 bridgehead atoms. The summed E-state index contributed by atoms with van der Waals surface area (Å²) in [4.78, 5) is 0. The van der Waals surface area contributed by atoms with Crippen LogP contribution in [-0.4, -0.2) is 13.1 Å². The van der Waals surface area contributed by atoms with Crippen LogP contribution in [0.4, 0.5) is 0 Å². The van der Waals surface area contributed by atoms with Crippen LogP contribution in [0, 0.1) is 24.2 Å². The molecule has 10 heavy (non-hydrogen) atoms. The molecular formula is C9H13N. The van der Waals surface area contributed by atoms with Crippen molar-refractivity contribution in [3.63, 3.8) is 0 Å². The Bertz CT molecular complexity index is 154. The van der Waals surface area contributed by atoms with Crippen molar-refractivity contribution in [2.75, 3.05) is 13.1 Å². The molecule has 1 nitrogen and oxygen atoms in total. The van der Waals surface area contributed by atoms with E-state index in [2.05, 4.69) is 23.1 Å². The van der Waals surface area contributed by atoms with Crippen LogP contribution in [0.1, 0.15) is 19.8 Å². The minimum Gasteiger partial charge on any atom is -0.306 e. The van der Waals surface area contributed by atoms with Gasteiger partial charge < -0.3 is 5.32 Å². The lowest BCUT2D eigenvalue weighted by Gasteiger charge is -1.94. The van der Waals surface area contributed by atoms with Gasteiger partial charge in [-0.05, 0) is 19.9 Å². The van der Waals surface area contributed by atoms with E-state index in [1.165, 1.54) is 0 Å². The van der Waals surface area contributed by atoms with Crippen molar-refractivity contribution in [1.82, 2.24) is 5.32 Å².